The second kappa shape index (κ2) is 7.55. The molecule has 1 saturated heterocycles. The van der Waals surface area contributed by atoms with E-state index in [1.807, 2.05) is 38.1 Å². The van der Waals surface area contributed by atoms with E-state index < -0.39 is 11.4 Å². The minimum absolute atomic E-state index is 0.0315. The molecule has 1 aromatic carbocycles. The third-order valence-corrected chi connectivity index (χ3v) is 11.4. The Kier molecular flexibility index (Phi) is 5.02. The molecule has 3 saturated carbocycles. The first-order chi connectivity index (χ1) is 17.0. The van der Waals surface area contributed by atoms with Crippen molar-refractivity contribution in [3.63, 3.8) is 0 Å². The first kappa shape index (κ1) is 23.9. The number of imide groups is 1. The molecule has 8 atom stereocenters. The Morgan fingerprint density at radius 1 is 1.08 bits per heavy atom. The van der Waals surface area contributed by atoms with Crippen molar-refractivity contribution in [2.45, 2.75) is 73.1 Å². The molecule has 5 heteroatoms. The van der Waals surface area contributed by atoms with Gasteiger partial charge in [-0.1, -0.05) is 51.0 Å². The van der Waals surface area contributed by atoms with E-state index in [2.05, 4.69) is 26.8 Å². The van der Waals surface area contributed by atoms with Crippen LogP contribution in [0.2, 0.25) is 0 Å². The van der Waals surface area contributed by atoms with Gasteiger partial charge in [-0.2, -0.15) is 0 Å². The van der Waals surface area contributed by atoms with Crippen molar-refractivity contribution < 1.29 is 19.5 Å². The molecule has 6 aliphatic rings. The van der Waals surface area contributed by atoms with Crippen LogP contribution in [0.4, 0.5) is 5.69 Å². The van der Waals surface area contributed by atoms with E-state index in [9.17, 15) is 19.5 Å². The summed E-state index contributed by atoms with van der Waals surface area (Å²) in [7, 11) is 0. The number of fused-ring (bicyclic) bond motifs is 1. The number of hydrogen-bond acceptors (Lipinski definition) is 3. The van der Waals surface area contributed by atoms with E-state index in [0.717, 1.165) is 44.1 Å². The number of carboxylic acid groups (broad SMARTS) is 1. The number of aliphatic carboxylic acids is 1. The van der Waals surface area contributed by atoms with Crippen LogP contribution in [0.15, 0.2) is 35.9 Å². The van der Waals surface area contributed by atoms with Gasteiger partial charge in [-0.15, -0.1) is 0 Å². The normalized spacial score (nSPS) is 43.2. The summed E-state index contributed by atoms with van der Waals surface area (Å²) in [5, 5.41) is 10.3. The number of carbonyl (C=O) groups excluding carboxylic acids is 2. The summed E-state index contributed by atoms with van der Waals surface area (Å²) in [5.74, 6) is -0.679. The van der Waals surface area contributed by atoms with Gasteiger partial charge < -0.3 is 5.11 Å². The largest absolute Gasteiger partial charge is 0.481 e. The SMILES string of the molecule is Cc1cccc(N2C(=O)[C@H]3[C@@H](C2=O)[C@@]24C=C(C(C)C)[C@@H]3C[C@@H]2[C@]2(C)CCC[C@](C)(C(=O)O)[C@H]2CC4)c1. The Morgan fingerprint density at radius 2 is 1.83 bits per heavy atom. The van der Waals surface area contributed by atoms with Crippen LogP contribution in [0.1, 0.15) is 71.8 Å². The molecule has 1 aromatic rings. The Hall–Kier alpha value is -2.43. The number of carbonyl (C=O) groups is 3. The van der Waals surface area contributed by atoms with E-state index in [1.54, 1.807) is 0 Å². The summed E-state index contributed by atoms with van der Waals surface area (Å²) >= 11 is 0. The molecule has 2 amide bonds. The Morgan fingerprint density at radius 3 is 2.50 bits per heavy atom. The lowest BCUT2D eigenvalue weighted by Crippen LogP contribution is -2.65. The maximum absolute atomic E-state index is 14.3. The molecular formula is C31H39NO4. The number of amides is 2. The van der Waals surface area contributed by atoms with Crippen molar-refractivity contribution in [1.82, 2.24) is 0 Å². The lowest BCUT2D eigenvalue weighted by Gasteiger charge is -2.68. The first-order valence-corrected chi connectivity index (χ1v) is 13.9. The minimum Gasteiger partial charge on any atom is -0.481 e. The standard InChI is InChI=1S/C31H39NO4/c1-17(2)21-16-31-13-10-22-29(4,11-7-12-30(22,5)28(35)36)23(31)15-20(21)24-25(31)27(34)32(26(24)33)19-9-6-8-18(3)14-19/h6,8-9,14,16-17,20,22-25H,7,10-13,15H2,1-5H3,(H,35,36)/t20-,22-,23+,24+,25-,29+,30-,31-/m0/s1. The molecular weight excluding hydrogens is 450 g/mol. The van der Waals surface area contributed by atoms with E-state index >= 15 is 0 Å². The van der Waals surface area contributed by atoms with Crippen LogP contribution >= 0.6 is 0 Å². The fourth-order valence-corrected chi connectivity index (χ4v) is 9.98. The summed E-state index contributed by atoms with van der Waals surface area (Å²) < 4.78 is 0. The summed E-state index contributed by atoms with van der Waals surface area (Å²) in [6, 6.07) is 7.73. The van der Waals surface area contributed by atoms with E-state index in [4.69, 9.17) is 0 Å². The predicted molar refractivity (Wildman–Crippen MR) is 138 cm³/mol. The zero-order chi connectivity index (χ0) is 25.8. The topological polar surface area (TPSA) is 74.7 Å². The van der Waals surface area contributed by atoms with Gasteiger partial charge in [-0.3, -0.25) is 14.4 Å². The van der Waals surface area contributed by atoms with E-state index in [0.29, 0.717) is 11.6 Å². The molecule has 36 heavy (non-hydrogen) atoms. The average molecular weight is 490 g/mol. The van der Waals surface area contributed by atoms with E-state index in [1.165, 1.54) is 10.5 Å². The van der Waals surface area contributed by atoms with Gasteiger partial charge >= 0.3 is 5.97 Å². The van der Waals surface area contributed by atoms with Crippen molar-refractivity contribution in [2.24, 2.45) is 51.8 Å². The summed E-state index contributed by atoms with van der Waals surface area (Å²) in [5.41, 5.74) is 1.83. The monoisotopic (exact) mass is 489 g/mol. The second-order valence-corrected chi connectivity index (χ2v) is 13.3. The molecule has 5 nitrogen and oxygen atoms in total. The molecule has 1 spiro atoms. The third-order valence-electron chi connectivity index (χ3n) is 11.4. The van der Waals surface area contributed by atoms with Gasteiger partial charge in [-0.25, -0.2) is 4.90 Å². The van der Waals surface area contributed by atoms with Crippen molar-refractivity contribution in [3.8, 4) is 0 Å². The van der Waals surface area contributed by atoms with Crippen LogP contribution in [0.5, 0.6) is 0 Å². The number of hydrogen-bond donors (Lipinski definition) is 1. The maximum Gasteiger partial charge on any atom is 0.309 e. The fraction of sp³-hybridized carbons (Fsp3) is 0.645. The van der Waals surface area contributed by atoms with Gasteiger partial charge in [0, 0.05) is 5.41 Å². The van der Waals surface area contributed by atoms with Crippen LogP contribution in [0.25, 0.3) is 0 Å². The zero-order valence-electron chi connectivity index (χ0n) is 22.2. The van der Waals surface area contributed by atoms with Crippen molar-refractivity contribution in [1.29, 1.82) is 0 Å². The molecule has 4 fully saturated rings. The molecule has 1 N–H and O–H groups in total. The van der Waals surface area contributed by atoms with Gasteiger partial charge in [0.05, 0.1) is 22.9 Å². The molecule has 1 aliphatic heterocycles. The van der Waals surface area contributed by atoms with Crippen LogP contribution in [-0.4, -0.2) is 22.9 Å². The fourth-order valence-electron chi connectivity index (χ4n) is 9.98. The second-order valence-electron chi connectivity index (χ2n) is 13.3. The number of anilines is 1. The Labute approximate surface area is 214 Å². The van der Waals surface area contributed by atoms with Gasteiger partial charge in [0.15, 0.2) is 0 Å². The smallest absolute Gasteiger partial charge is 0.309 e. The third kappa shape index (κ3) is 2.80. The maximum atomic E-state index is 14.3. The summed E-state index contributed by atoms with van der Waals surface area (Å²) in [6.45, 7) is 10.7. The van der Waals surface area contributed by atoms with Gasteiger partial charge in [0.1, 0.15) is 0 Å². The van der Waals surface area contributed by atoms with Gasteiger partial charge in [0.2, 0.25) is 11.8 Å². The molecule has 0 unspecified atom stereocenters. The average Bonchev–Trinajstić information content (AvgIpc) is 3.10. The van der Waals surface area contributed by atoms with Crippen molar-refractivity contribution in [3.05, 3.63) is 41.5 Å². The van der Waals surface area contributed by atoms with Gasteiger partial charge in [0.25, 0.3) is 0 Å². The number of nitrogens with zero attached hydrogens (tertiary/aromatic N) is 1. The minimum atomic E-state index is -0.724. The van der Waals surface area contributed by atoms with Crippen molar-refractivity contribution >= 4 is 23.5 Å². The number of carboxylic acids is 1. The number of aryl methyl sites for hydroxylation is 1. The highest BCUT2D eigenvalue weighted by molar-refractivity contribution is 6.23. The first-order valence-electron chi connectivity index (χ1n) is 13.9. The highest BCUT2D eigenvalue weighted by atomic mass is 16.4. The molecule has 1 heterocycles. The Bertz CT molecular complexity index is 1200. The van der Waals surface area contributed by atoms with Crippen LogP contribution < -0.4 is 4.90 Å². The van der Waals surface area contributed by atoms with E-state index in [-0.39, 0.29) is 52.2 Å². The lowest BCUT2D eigenvalue weighted by molar-refractivity contribution is -0.194. The molecule has 0 aromatic heterocycles. The molecule has 2 bridgehead atoms. The highest BCUT2D eigenvalue weighted by Gasteiger charge is 2.73. The Balaban J connectivity index is 1.50. The van der Waals surface area contributed by atoms with Crippen LogP contribution in [-0.2, 0) is 14.4 Å². The molecule has 0 radical (unpaired) electrons. The van der Waals surface area contributed by atoms with Crippen LogP contribution in [0.3, 0.4) is 0 Å². The number of rotatable bonds is 3. The highest BCUT2D eigenvalue weighted by Crippen LogP contribution is 2.74. The molecule has 5 aliphatic carbocycles. The summed E-state index contributed by atoms with van der Waals surface area (Å²) in [6.07, 6.45) is 7.58. The number of allylic oxidation sites excluding steroid dienone is 2. The predicted octanol–water partition coefficient (Wildman–Crippen LogP) is 6.01. The number of benzene rings is 1. The summed E-state index contributed by atoms with van der Waals surface area (Å²) in [4.78, 5) is 42.3. The quantitative estimate of drug-likeness (QED) is 0.417. The van der Waals surface area contributed by atoms with Gasteiger partial charge in [-0.05, 0) is 92.7 Å². The molecule has 192 valence electrons. The van der Waals surface area contributed by atoms with Crippen LogP contribution in [0, 0.1) is 58.7 Å². The zero-order valence-corrected chi connectivity index (χ0v) is 22.2. The van der Waals surface area contributed by atoms with Crippen molar-refractivity contribution in [2.75, 3.05) is 4.90 Å². The molecule has 7 rings (SSSR count). The lowest BCUT2D eigenvalue weighted by atomic mass is 9.34.